The minimum atomic E-state index is -0.625. The number of fused-ring (bicyclic) bond motifs is 1. The van der Waals surface area contributed by atoms with Crippen LogP contribution in [0.1, 0.15) is 19.4 Å². The molecule has 3 aromatic carbocycles. The molecule has 3 aromatic rings. The van der Waals surface area contributed by atoms with Crippen LogP contribution in [0.5, 0.6) is 11.5 Å². The van der Waals surface area contributed by atoms with Crippen LogP contribution in [0.15, 0.2) is 60.7 Å². The van der Waals surface area contributed by atoms with Crippen LogP contribution in [0.25, 0.3) is 10.8 Å². The Bertz CT molecular complexity index is 945. The Hall–Kier alpha value is -1.98. The second-order valence-corrected chi connectivity index (χ2v) is 8.25. The van der Waals surface area contributed by atoms with E-state index in [1.54, 1.807) is 7.11 Å². The zero-order valence-corrected chi connectivity index (χ0v) is 19.1. The van der Waals surface area contributed by atoms with Crippen molar-refractivity contribution in [3.05, 3.63) is 71.2 Å². The summed E-state index contributed by atoms with van der Waals surface area (Å²) in [7, 11) is 1.66. The molecule has 0 aromatic heterocycles. The van der Waals surface area contributed by atoms with Crippen molar-refractivity contribution in [1.82, 2.24) is 5.32 Å². The molecular weight excluding hydrogens is 421 g/mol. The van der Waals surface area contributed by atoms with E-state index in [1.165, 1.54) is 5.56 Å². The highest BCUT2D eigenvalue weighted by Crippen LogP contribution is 2.31. The summed E-state index contributed by atoms with van der Waals surface area (Å²) >= 11 is 6.25. The standard InChI is InChI=1S/C24H28ClNO3.ClH/c1-24(2,14-17-8-10-19(28-3)11-9-17)26-15-18(27)16-29-23-13-12-22(25)20-6-4-5-7-21(20)23;/h4-13,18,26-27H,14-16H2,1-3H3;1H. The summed E-state index contributed by atoms with van der Waals surface area (Å²) < 4.78 is 11.1. The maximum absolute atomic E-state index is 10.4. The number of ether oxygens (including phenoxy) is 2. The number of aliphatic hydroxyl groups excluding tert-OH is 1. The van der Waals surface area contributed by atoms with Crippen molar-refractivity contribution in [2.75, 3.05) is 20.3 Å². The molecule has 4 nitrogen and oxygen atoms in total. The van der Waals surface area contributed by atoms with Gasteiger partial charge in [0.2, 0.25) is 0 Å². The third-order valence-corrected chi connectivity index (χ3v) is 5.21. The van der Waals surface area contributed by atoms with E-state index in [0.717, 1.165) is 28.7 Å². The van der Waals surface area contributed by atoms with Crippen molar-refractivity contribution in [2.45, 2.75) is 31.9 Å². The number of halogens is 2. The smallest absolute Gasteiger partial charge is 0.127 e. The van der Waals surface area contributed by atoms with Crippen LogP contribution < -0.4 is 14.8 Å². The van der Waals surface area contributed by atoms with Gasteiger partial charge in [-0.2, -0.15) is 0 Å². The quantitative estimate of drug-likeness (QED) is 0.466. The molecule has 0 radical (unpaired) electrons. The molecule has 0 saturated heterocycles. The molecule has 0 aliphatic rings. The highest BCUT2D eigenvalue weighted by Gasteiger charge is 2.19. The van der Waals surface area contributed by atoms with Crippen molar-refractivity contribution < 1.29 is 14.6 Å². The van der Waals surface area contributed by atoms with E-state index >= 15 is 0 Å². The maximum Gasteiger partial charge on any atom is 0.127 e. The monoisotopic (exact) mass is 449 g/mol. The Kier molecular flexibility index (Phi) is 8.80. The largest absolute Gasteiger partial charge is 0.497 e. The lowest BCUT2D eigenvalue weighted by Crippen LogP contribution is -2.46. The van der Waals surface area contributed by atoms with E-state index in [1.807, 2.05) is 48.5 Å². The van der Waals surface area contributed by atoms with Gasteiger partial charge in [-0.15, -0.1) is 12.4 Å². The molecule has 30 heavy (non-hydrogen) atoms. The van der Waals surface area contributed by atoms with E-state index in [-0.39, 0.29) is 24.6 Å². The van der Waals surface area contributed by atoms with Gasteiger partial charge in [0.05, 0.1) is 7.11 Å². The van der Waals surface area contributed by atoms with Gasteiger partial charge in [0.1, 0.15) is 24.2 Å². The molecule has 0 aliphatic carbocycles. The van der Waals surface area contributed by atoms with Crippen LogP contribution in [-0.2, 0) is 6.42 Å². The molecular formula is C24H29Cl2NO3. The van der Waals surface area contributed by atoms with Crippen LogP contribution in [0.2, 0.25) is 5.02 Å². The molecule has 0 bridgehead atoms. The Labute approximate surface area is 189 Å². The number of aliphatic hydroxyl groups is 1. The van der Waals surface area contributed by atoms with Gasteiger partial charge < -0.3 is 19.9 Å². The van der Waals surface area contributed by atoms with Crippen LogP contribution in [0, 0.1) is 0 Å². The molecule has 0 heterocycles. The lowest BCUT2D eigenvalue weighted by Gasteiger charge is -2.28. The number of rotatable bonds is 9. The van der Waals surface area contributed by atoms with E-state index < -0.39 is 6.10 Å². The van der Waals surface area contributed by atoms with Crippen LogP contribution >= 0.6 is 24.0 Å². The second-order valence-electron chi connectivity index (χ2n) is 7.85. The Balaban J connectivity index is 0.00000320. The molecule has 0 aliphatic heterocycles. The van der Waals surface area contributed by atoms with E-state index in [9.17, 15) is 5.11 Å². The van der Waals surface area contributed by atoms with Gasteiger partial charge in [-0.25, -0.2) is 0 Å². The first kappa shape index (κ1) is 24.3. The molecule has 0 saturated carbocycles. The van der Waals surface area contributed by atoms with Crippen LogP contribution in [0.3, 0.4) is 0 Å². The third-order valence-electron chi connectivity index (χ3n) is 4.88. The number of methoxy groups -OCH3 is 1. The van der Waals surface area contributed by atoms with Crippen molar-refractivity contribution >= 4 is 34.8 Å². The average molecular weight is 450 g/mol. The average Bonchev–Trinajstić information content (AvgIpc) is 2.72. The van der Waals surface area contributed by atoms with Crippen molar-refractivity contribution in [3.63, 3.8) is 0 Å². The third kappa shape index (κ3) is 6.51. The van der Waals surface area contributed by atoms with Gasteiger partial charge in [-0.3, -0.25) is 0 Å². The zero-order chi connectivity index (χ0) is 20.9. The molecule has 0 fully saturated rings. The Morgan fingerprint density at radius 1 is 1.00 bits per heavy atom. The van der Waals surface area contributed by atoms with Gasteiger partial charge in [0.15, 0.2) is 0 Å². The van der Waals surface area contributed by atoms with E-state index in [0.29, 0.717) is 11.6 Å². The van der Waals surface area contributed by atoms with Gasteiger partial charge in [-0.05, 0) is 50.1 Å². The molecule has 0 amide bonds. The number of β-amino-alcohol motifs (C(OH)–C–C–N with tert-alkyl or cyclic N) is 1. The summed E-state index contributed by atoms with van der Waals surface area (Å²) in [6.07, 6.45) is 0.214. The van der Waals surface area contributed by atoms with Gasteiger partial charge in [0, 0.05) is 27.9 Å². The summed E-state index contributed by atoms with van der Waals surface area (Å²) in [6, 6.07) is 19.5. The lowest BCUT2D eigenvalue weighted by molar-refractivity contribution is 0.0996. The number of nitrogens with one attached hydrogen (secondary N) is 1. The summed E-state index contributed by atoms with van der Waals surface area (Å²) in [5.74, 6) is 1.57. The minimum Gasteiger partial charge on any atom is -0.497 e. The second kappa shape index (κ2) is 10.9. The number of hydrogen-bond acceptors (Lipinski definition) is 4. The lowest BCUT2D eigenvalue weighted by atomic mass is 9.94. The number of benzene rings is 3. The zero-order valence-electron chi connectivity index (χ0n) is 17.5. The topological polar surface area (TPSA) is 50.7 Å². The van der Waals surface area contributed by atoms with Crippen molar-refractivity contribution in [3.8, 4) is 11.5 Å². The normalized spacial score (nSPS) is 12.3. The van der Waals surface area contributed by atoms with E-state index in [2.05, 4.69) is 31.3 Å². The summed E-state index contributed by atoms with van der Waals surface area (Å²) in [5.41, 5.74) is 1.05. The SMILES string of the molecule is COc1ccc(CC(C)(C)NCC(O)COc2ccc(Cl)c3ccccc23)cc1.Cl. The first-order valence-electron chi connectivity index (χ1n) is 9.74. The van der Waals surface area contributed by atoms with Crippen molar-refractivity contribution in [1.29, 1.82) is 0 Å². The fraction of sp³-hybridized carbons (Fsp3) is 0.333. The molecule has 3 rings (SSSR count). The predicted molar refractivity (Wildman–Crippen MR) is 126 cm³/mol. The summed E-state index contributed by atoms with van der Waals surface area (Å²) in [4.78, 5) is 0. The fourth-order valence-corrected chi connectivity index (χ4v) is 3.54. The molecule has 6 heteroatoms. The summed E-state index contributed by atoms with van der Waals surface area (Å²) in [5, 5.41) is 16.4. The van der Waals surface area contributed by atoms with Crippen LogP contribution in [-0.4, -0.2) is 37.0 Å². The first-order chi connectivity index (χ1) is 13.9. The molecule has 162 valence electrons. The molecule has 1 unspecified atom stereocenters. The van der Waals surface area contributed by atoms with Gasteiger partial charge in [0.25, 0.3) is 0 Å². The van der Waals surface area contributed by atoms with Crippen LogP contribution in [0.4, 0.5) is 0 Å². The Morgan fingerprint density at radius 2 is 1.67 bits per heavy atom. The predicted octanol–water partition coefficient (Wildman–Crippen LogP) is 5.27. The highest BCUT2D eigenvalue weighted by molar-refractivity contribution is 6.35. The number of hydrogen-bond donors (Lipinski definition) is 2. The minimum absolute atomic E-state index is 0. The van der Waals surface area contributed by atoms with Gasteiger partial charge >= 0.3 is 0 Å². The molecule has 1 atom stereocenters. The Morgan fingerprint density at radius 3 is 2.33 bits per heavy atom. The molecule has 2 N–H and O–H groups in total. The fourth-order valence-electron chi connectivity index (χ4n) is 3.32. The highest BCUT2D eigenvalue weighted by atomic mass is 35.5. The van der Waals surface area contributed by atoms with Gasteiger partial charge in [-0.1, -0.05) is 48.0 Å². The summed E-state index contributed by atoms with van der Waals surface area (Å²) in [6.45, 7) is 4.89. The van der Waals surface area contributed by atoms with E-state index in [4.69, 9.17) is 21.1 Å². The maximum atomic E-state index is 10.4. The first-order valence-corrected chi connectivity index (χ1v) is 10.1. The van der Waals surface area contributed by atoms with Crippen molar-refractivity contribution in [2.24, 2.45) is 0 Å². The molecule has 0 spiro atoms.